The van der Waals surface area contributed by atoms with Crippen molar-refractivity contribution in [3.05, 3.63) is 59.2 Å². The molecule has 2 N–H and O–H groups in total. The molecule has 138 valence electrons. The van der Waals surface area contributed by atoms with Crippen LogP contribution in [0.4, 0.5) is 5.69 Å². The van der Waals surface area contributed by atoms with Crippen molar-refractivity contribution in [2.75, 3.05) is 5.32 Å². The van der Waals surface area contributed by atoms with E-state index < -0.39 is 6.10 Å². The molecule has 0 aliphatic carbocycles. The van der Waals surface area contributed by atoms with Gasteiger partial charge in [0, 0.05) is 6.04 Å². The van der Waals surface area contributed by atoms with Gasteiger partial charge in [0.05, 0.1) is 11.3 Å². The fourth-order valence-corrected chi connectivity index (χ4v) is 2.44. The topological polar surface area (TPSA) is 67.4 Å². The van der Waals surface area contributed by atoms with Crippen LogP contribution in [0, 0.1) is 13.8 Å². The number of hydrogen-bond acceptors (Lipinski definition) is 3. The van der Waals surface area contributed by atoms with E-state index in [9.17, 15) is 9.59 Å². The molecular formula is C21H26N2O3. The summed E-state index contributed by atoms with van der Waals surface area (Å²) >= 11 is 0. The van der Waals surface area contributed by atoms with Gasteiger partial charge >= 0.3 is 0 Å². The van der Waals surface area contributed by atoms with Gasteiger partial charge in [0.2, 0.25) is 0 Å². The molecular weight excluding hydrogens is 328 g/mol. The number of ether oxygens (including phenoxy) is 1. The van der Waals surface area contributed by atoms with Crippen LogP contribution in [-0.2, 0) is 4.79 Å². The van der Waals surface area contributed by atoms with E-state index in [0.29, 0.717) is 17.0 Å². The van der Waals surface area contributed by atoms with Gasteiger partial charge in [-0.25, -0.2) is 0 Å². The van der Waals surface area contributed by atoms with Crippen molar-refractivity contribution in [2.24, 2.45) is 0 Å². The van der Waals surface area contributed by atoms with Crippen molar-refractivity contribution >= 4 is 17.5 Å². The van der Waals surface area contributed by atoms with Gasteiger partial charge in [-0.3, -0.25) is 9.59 Å². The zero-order chi connectivity index (χ0) is 19.3. The zero-order valence-electron chi connectivity index (χ0n) is 15.9. The van der Waals surface area contributed by atoms with Crippen LogP contribution in [0.2, 0.25) is 0 Å². The number of amides is 2. The second kappa shape index (κ2) is 8.52. The molecule has 0 radical (unpaired) electrons. The molecule has 0 aliphatic heterocycles. The summed E-state index contributed by atoms with van der Waals surface area (Å²) in [7, 11) is 0. The van der Waals surface area contributed by atoms with Crippen LogP contribution in [0.25, 0.3) is 0 Å². The molecule has 2 aromatic carbocycles. The average molecular weight is 354 g/mol. The number of carbonyl (C=O) groups is 2. The number of rotatable bonds is 6. The molecule has 0 spiro atoms. The van der Waals surface area contributed by atoms with Gasteiger partial charge in [-0.2, -0.15) is 0 Å². The van der Waals surface area contributed by atoms with Crippen molar-refractivity contribution in [1.29, 1.82) is 0 Å². The van der Waals surface area contributed by atoms with Gasteiger partial charge < -0.3 is 15.4 Å². The highest BCUT2D eigenvalue weighted by Gasteiger charge is 2.19. The normalized spacial score (nSPS) is 11.8. The van der Waals surface area contributed by atoms with Crippen molar-refractivity contribution in [3.63, 3.8) is 0 Å². The van der Waals surface area contributed by atoms with Gasteiger partial charge in [0.15, 0.2) is 6.10 Å². The average Bonchev–Trinajstić information content (AvgIpc) is 2.57. The lowest BCUT2D eigenvalue weighted by Gasteiger charge is -2.18. The van der Waals surface area contributed by atoms with Crippen molar-refractivity contribution in [1.82, 2.24) is 5.32 Å². The molecule has 0 saturated heterocycles. The minimum atomic E-state index is -0.697. The van der Waals surface area contributed by atoms with Crippen LogP contribution in [0.1, 0.15) is 42.3 Å². The SMILES string of the molecule is Cc1ccc(C)c(O[C@H](C)C(=O)Nc2ccccc2C(=O)NC(C)C)c1. The van der Waals surface area contributed by atoms with Crippen molar-refractivity contribution in [3.8, 4) is 5.75 Å². The van der Waals surface area contributed by atoms with Gasteiger partial charge in [0.25, 0.3) is 11.8 Å². The van der Waals surface area contributed by atoms with Crippen LogP contribution < -0.4 is 15.4 Å². The molecule has 26 heavy (non-hydrogen) atoms. The number of benzene rings is 2. The number of aryl methyl sites for hydroxylation is 2. The maximum absolute atomic E-state index is 12.5. The summed E-state index contributed by atoms with van der Waals surface area (Å²) in [5, 5.41) is 5.63. The Labute approximate surface area is 154 Å². The van der Waals surface area contributed by atoms with E-state index in [-0.39, 0.29) is 17.9 Å². The molecule has 2 rings (SSSR count). The number of nitrogens with one attached hydrogen (secondary N) is 2. The van der Waals surface area contributed by atoms with Crippen molar-refractivity contribution < 1.29 is 14.3 Å². The lowest BCUT2D eigenvalue weighted by Crippen LogP contribution is -2.33. The predicted molar refractivity (Wildman–Crippen MR) is 104 cm³/mol. The Bertz CT molecular complexity index is 800. The van der Waals surface area contributed by atoms with Crippen LogP contribution in [-0.4, -0.2) is 24.0 Å². The minimum Gasteiger partial charge on any atom is -0.481 e. The summed E-state index contributed by atoms with van der Waals surface area (Å²) < 4.78 is 5.81. The highest BCUT2D eigenvalue weighted by atomic mass is 16.5. The molecule has 0 heterocycles. The third kappa shape index (κ3) is 5.09. The van der Waals surface area contributed by atoms with E-state index in [1.165, 1.54) is 0 Å². The Morgan fingerprint density at radius 3 is 2.38 bits per heavy atom. The Morgan fingerprint density at radius 2 is 1.69 bits per heavy atom. The summed E-state index contributed by atoms with van der Waals surface area (Å²) in [6, 6.07) is 12.8. The van der Waals surface area contributed by atoms with E-state index in [1.54, 1.807) is 31.2 Å². The van der Waals surface area contributed by atoms with Gasteiger partial charge in [-0.1, -0.05) is 24.3 Å². The molecule has 0 aromatic heterocycles. The monoisotopic (exact) mass is 354 g/mol. The lowest BCUT2D eigenvalue weighted by molar-refractivity contribution is -0.122. The van der Waals surface area contributed by atoms with Crippen LogP contribution in [0.5, 0.6) is 5.75 Å². The largest absolute Gasteiger partial charge is 0.481 e. The number of anilines is 1. The first-order valence-corrected chi connectivity index (χ1v) is 8.72. The van der Waals surface area contributed by atoms with E-state index >= 15 is 0 Å². The minimum absolute atomic E-state index is 0.0119. The third-order valence-corrected chi connectivity index (χ3v) is 3.87. The maximum Gasteiger partial charge on any atom is 0.265 e. The van der Waals surface area contributed by atoms with Gasteiger partial charge in [-0.05, 0) is 63.9 Å². The molecule has 0 unspecified atom stereocenters. The van der Waals surface area contributed by atoms with Gasteiger partial charge in [-0.15, -0.1) is 0 Å². The van der Waals surface area contributed by atoms with Crippen LogP contribution >= 0.6 is 0 Å². The second-order valence-electron chi connectivity index (χ2n) is 6.69. The standard InChI is InChI=1S/C21H26N2O3/c1-13(2)22-21(25)17-8-6-7-9-18(17)23-20(24)16(5)26-19-12-14(3)10-11-15(19)4/h6-13,16H,1-5H3,(H,22,25)(H,23,24)/t16-/m1/s1. The van der Waals surface area contributed by atoms with Crippen LogP contribution in [0.15, 0.2) is 42.5 Å². The Morgan fingerprint density at radius 1 is 1.00 bits per heavy atom. The fraction of sp³-hybridized carbons (Fsp3) is 0.333. The van der Waals surface area contributed by atoms with E-state index in [4.69, 9.17) is 4.74 Å². The summed E-state index contributed by atoms with van der Waals surface area (Å²) in [5.74, 6) is 0.146. The Hall–Kier alpha value is -2.82. The van der Waals surface area contributed by atoms with E-state index in [2.05, 4.69) is 10.6 Å². The second-order valence-corrected chi connectivity index (χ2v) is 6.69. The molecule has 1 atom stereocenters. The molecule has 2 amide bonds. The molecule has 2 aromatic rings. The maximum atomic E-state index is 12.5. The summed E-state index contributed by atoms with van der Waals surface area (Å²) in [6.07, 6.45) is -0.697. The van der Waals surface area contributed by atoms with Crippen molar-refractivity contribution in [2.45, 2.75) is 46.8 Å². The molecule has 5 nitrogen and oxygen atoms in total. The predicted octanol–water partition coefficient (Wildman–Crippen LogP) is 3.85. The van der Waals surface area contributed by atoms with E-state index in [0.717, 1.165) is 11.1 Å². The first kappa shape index (κ1) is 19.5. The molecule has 0 fully saturated rings. The zero-order valence-corrected chi connectivity index (χ0v) is 15.9. The first-order chi connectivity index (χ1) is 12.3. The summed E-state index contributed by atoms with van der Waals surface area (Å²) in [6.45, 7) is 9.37. The molecule has 0 saturated carbocycles. The Kier molecular flexibility index (Phi) is 6.39. The lowest BCUT2D eigenvalue weighted by atomic mass is 10.1. The summed E-state index contributed by atoms with van der Waals surface area (Å²) in [4.78, 5) is 24.8. The molecule has 0 bridgehead atoms. The number of hydrogen-bond donors (Lipinski definition) is 2. The third-order valence-electron chi connectivity index (χ3n) is 3.87. The Balaban J connectivity index is 2.12. The summed E-state index contributed by atoms with van der Waals surface area (Å²) in [5.41, 5.74) is 2.92. The number of para-hydroxylation sites is 1. The highest BCUT2D eigenvalue weighted by molar-refractivity contribution is 6.04. The van der Waals surface area contributed by atoms with Crippen LogP contribution in [0.3, 0.4) is 0 Å². The smallest absolute Gasteiger partial charge is 0.265 e. The molecule has 0 aliphatic rings. The highest BCUT2D eigenvalue weighted by Crippen LogP contribution is 2.21. The number of carbonyl (C=O) groups excluding carboxylic acids is 2. The molecule has 5 heteroatoms. The fourth-order valence-electron chi connectivity index (χ4n) is 2.44. The van der Waals surface area contributed by atoms with E-state index in [1.807, 2.05) is 45.9 Å². The van der Waals surface area contributed by atoms with Gasteiger partial charge in [0.1, 0.15) is 5.75 Å². The first-order valence-electron chi connectivity index (χ1n) is 8.72. The quantitative estimate of drug-likeness (QED) is 0.828.